The van der Waals surface area contributed by atoms with Crippen LogP contribution in [0.15, 0.2) is 28.9 Å². The predicted octanol–water partition coefficient (Wildman–Crippen LogP) is 2.85. The third kappa shape index (κ3) is 2.20. The van der Waals surface area contributed by atoms with Crippen molar-refractivity contribution in [1.29, 1.82) is 0 Å². The topological polar surface area (TPSA) is 55.1 Å². The lowest BCUT2D eigenvalue weighted by Crippen LogP contribution is -2.13. The summed E-state index contributed by atoms with van der Waals surface area (Å²) >= 11 is 0. The van der Waals surface area contributed by atoms with Crippen LogP contribution in [0, 0.1) is 20.8 Å². The van der Waals surface area contributed by atoms with Gasteiger partial charge in [-0.25, -0.2) is 0 Å². The Bertz CT molecular complexity index is 544. The number of hydrogen-bond donors (Lipinski definition) is 1. The summed E-state index contributed by atoms with van der Waals surface area (Å²) in [5, 5.41) is 2.79. The molecule has 0 aliphatic rings. The maximum absolute atomic E-state index is 12.1. The second-order valence-electron chi connectivity index (χ2n) is 3.91. The molecule has 4 nitrogen and oxygen atoms in total. The second-order valence-corrected chi connectivity index (χ2v) is 3.91. The molecule has 88 valence electrons. The Morgan fingerprint density at radius 1 is 1.29 bits per heavy atom. The Labute approximate surface area is 99.7 Å². The summed E-state index contributed by atoms with van der Waals surface area (Å²) in [4.78, 5) is 16.0. The predicted molar refractivity (Wildman–Crippen MR) is 65.1 cm³/mol. The van der Waals surface area contributed by atoms with Crippen LogP contribution in [0.4, 0.5) is 5.69 Å². The average molecular weight is 230 g/mol. The largest absolute Gasteiger partial charge is 0.466 e. The smallest absolute Gasteiger partial charge is 0.259 e. The highest BCUT2D eigenvalue weighted by Crippen LogP contribution is 2.21. The van der Waals surface area contributed by atoms with E-state index in [1.54, 1.807) is 31.5 Å². The van der Waals surface area contributed by atoms with Gasteiger partial charge in [0.2, 0.25) is 0 Å². The molecule has 0 spiro atoms. The van der Waals surface area contributed by atoms with Crippen molar-refractivity contribution >= 4 is 11.6 Å². The molecule has 0 aliphatic heterocycles. The van der Waals surface area contributed by atoms with Crippen molar-refractivity contribution in [3.05, 3.63) is 47.2 Å². The van der Waals surface area contributed by atoms with Gasteiger partial charge in [0.1, 0.15) is 11.5 Å². The third-order valence-electron chi connectivity index (χ3n) is 2.71. The van der Waals surface area contributed by atoms with Crippen LogP contribution in [0.5, 0.6) is 0 Å². The third-order valence-corrected chi connectivity index (χ3v) is 2.71. The summed E-state index contributed by atoms with van der Waals surface area (Å²) in [6.45, 7) is 5.52. The van der Waals surface area contributed by atoms with Gasteiger partial charge in [-0.05, 0) is 32.9 Å². The number of aromatic nitrogens is 1. The maximum atomic E-state index is 12.1. The Kier molecular flexibility index (Phi) is 2.95. The van der Waals surface area contributed by atoms with E-state index in [2.05, 4.69) is 10.3 Å². The highest BCUT2D eigenvalue weighted by atomic mass is 16.3. The number of amides is 1. The van der Waals surface area contributed by atoms with E-state index in [9.17, 15) is 4.79 Å². The van der Waals surface area contributed by atoms with Crippen molar-refractivity contribution in [1.82, 2.24) is 4.98 Å². The number of aryl methyl sites for hydroxylation is 2. The minimum absolute atomic E-state index is 0.162. The summed E-state index contributed by atoms with van der Waals surface area (Å²) in [6, 6.07) is 3.57. The maximum Gasteiger partial charge on any atom is 0.259 e. The molecule has 1 N–H and O–H groups in total. The monoisotopic (exact) mass is 230 g/mol. The van der Waals surface area contributed by atoms with Gasteiger partial charge in [0.15, 0.2) is 0 Å². The van der Waals surface area contributed by atoms with E-state index in [4.69, 9.17) is 4.42 Å². The van der Waals surface area contributed by atoms with Crippen LogP contribution in [0.25, 0.3) is 0 Å². The summed E-state index contributed by atoms with van der Waals surface area (Å²) < 4.78 is 5.43. The molecule has 2 aromatic heterocycles. The zero-order valence-electron chi connectivity index (χ0n) is 10.1. The molecule has 2 rings (SSSR count). The van der Waals surface area contributed by atoms with Crippen LogP contribution < -0.4 is 5.32 Å². The quantitative estimate of drug-likeness (QED) is 0.863. The molecule has 17 heavy (non-hydrogen) atoms. The fraction of sp³-hybridized carbons (Fsp3) is 0.231. The first-order chi connectivity index (χ1) is 8.09. The first-order valence-electron chi connectivity index (χ1n) is 5.37. The number of anilines is 1. The van der Waals surface area contributed by atoms with Gasteiger partial charge in [-0.15, -0.1) is 0 Å². The minimum Gasteiger partial charge on any atom is -0.466 e. The Morgan fingerprint density at radius 2 is 2.06 bits per heavy atom. The molecule has 0 aliphatic carbocycles. The summed E-state index contributed by atoms with van der Waals surface area (Å²) in [6.07, 6.45) is 3.27. The molecule has 0 aromatic carbocycles. The van der Waals surface area contributed by atoms with Gasteiger partial charge in [0.05, 0.1) is 17.4 Å². The molecule has 1 amide bonds. The van der Waals surface area contributed by atoms with E-state index in [0.717, 1.165) is 11.3 Å². The van der Waals surface area contributed by atoms with E-state index < -0.39 is 0 Å². The number of rotatable bonds is 2. The van der Waals surface area contributed by atoms with Crippen molar-refractivity contribution in [2.75, 3.05) is 5.32 Å². The second kappa shape index (κ2) is 4.41. The molecule has 0 saturated heterocycles. The molecule has 0 unspecified atom stereocenters. The number of carbonyl (C=O) groups excluding carboxylic acids is 1. The van der Waals surface area contributed by atoms with Crippen LogP contribution in [-0.2, 0) is 0 Å². The highest BCUT2D eigenvalue weighted by molar-refractivity contribution is 6.06. The van der Waals surface area contributed by atoms with Gasteiger partial charge in [-0.3, -0.25) is 9.78 Å². The lowest BCUT2D eigenvalue weighted by molar-refractivity contribution is 0.102. The fourth-order valence-corrected chi connectivity index (χ4v) is 1.76. The summed E-state index contributed by atoms with van der Waals surface area (Å²) in [7, 11) is 0. The van der Waals surface area contributed by atoms with E-state index in [1.807, 2.05) is 13.8 Å². The average Bonchev–Trinajstić information content (AvgIpc) is 2.54. The zero-order chi connectivity index (χ0) is 12.4. The first-order valence-corrected chi connectivity index (χ1v) is 5.37. The fourth-order valence-electron chi connectivity index (χ4n) is 1.76. The number of nitrogens with one attached hydrogen (secondary N) is 1. The number of hydrogen-bond acceptors (Lipinski definition) is 3. The van der Waals surface area contributed by atoms with E-state index >= 15 is 0 Å². The number of carbonyl (C=O) groups is 1. The lowest BCUT2D eigenvalue weighted by atomic mass is 10.1. The Hall–Kier alpha value is -2.10. The molecule has 0 atom stereocenters. The minimum atomic E-state index is -0.162. The van der Waals surface area contributed by atoms with Crippen molar-refractivity contribution in [3.8, 4) is 0 Å². The molecular formula is C13H14N2O2. The van der Waals surface area contributed by atoms with Crippen molar-refractivity contribution in [2.24, 2.45) is 0 Å². The van der Waals surface area contributed by atoms with Crippen LogP contribution in [0.2, 0.25) is 0 Å². The molecule has 2 heterocycles. The van der Waals surface area contributed by atoms with Crippen LogP contribution >= 0.6 is 0 Å². The molecule has 0 fully saturated rings. The van der Waals surface area contributed by atoms with E-state index in [1.165, 1.54) is 0 Å². The number of pyridine rings is 1. The van der Waals surface area contributed by atoms with Gasteiger partial charge in [0.25, 0.3) is 5.91 Å². The Morgan fingerprint density at radius 3 is 2.59 bits per heavy atom. The van der Waals surface area contributed by atoms with Gasteiger partial charge in [-0.2, -0.15) is 0 Å². The van der Waals surface area contributed by atoms with Crippen LogP contribution in [0.1, 0.15) is 27.4 Å². The highest BCUT2D eigenvalue weighted by Gasteiger charge is 2.18. The number of nitrogens with zero attached hydrogens (tertiary/aromatic N) is 1. The van der Waals surface area contributed by atoms with Crippen LogP contribution in [-0.4, -0.2) is 10.9 Å². The van der Waals surface area contributed by atoms with Gasteiger partial charge >= 0.3 is 0 Å². The van der Waals surface area contributed by atoms with Gasteiger partial charge < -0.3 is 9.73 Å². The molecule has 0 bridgehead atoms. The normalized spacial score (nSPS) is 10.3. The zero-order valence-corrected chi connectivity index (χ0v) is 10.1. The molecule has 4 heteroatoms. The number of furan rings is 1. The van der Waals surface area contributed by atoms with Crippen molar-refractivity contribution < 1.29 is 9.21 Å². The molecule has 0 saturated carbocycles. The van der Waals surface area contributed by atoms with Crippen molar-refractivity contribution in [2.45, 2.75) is 20.8 Å². The van der Waals surface area contributed by atoms with Crippen LogP contribution in [0.3, 0.4) is 0 Å². The summed E-state index contributed by atoms with van der Waals surface area (Å²) in [5.41, 5.74) is 2.16. The first kappa shape index (κ1) is 11.4. The van der Waals surface area contributed by atoms with Crippen molar-refractivity contribution in [3.63, 3.8) is 0 Å². The molecular weight excluding hydrogens is 216 g/mol. The molecule has 0 radical (unpaired) electrons. The van der Waals surface area contributed by atoms with E-state index in [0.29, 0.717) is 17.0 Å². The lowest BCUT2D eigenvalue weighted by Gasteiger charge is -2.04. The SMILES string of the molecule is Cc1oc(C)c(C(=O)Nc2cccnc2)c1C. The van der Waals surface area contributed by atoms with Gasteiger partial charge in [-0.1, -0.05) is 0 Å². The van der Waals surface area contributed by atoms with E-state index in [-0.39, 0.29) is 5.91 Å². The standard InChI is InChI=1S/C13H14N2O2/c1-8-9(2)17-10(3)12(8)13(16)15-11-5-4-6-14-7-11/h4-7H,1-3H3,(H,15,16). The summed E-state index contributed by atoms with van der Waals surface area (Å²) in [5.74, 6) is 1.25. The Balaban J connectivity index is 2.27. The molecule has 2 aromatic rings. The van der Waals surface area contributed by atoms with Gasteiger partial charge in [0, 0.05) is 11.8 Å².